The van der Waals surface area contributed by atoms with E-state index < -0.39 is 0 Å². The van der Waals surface area contributed by atoms with Gasteiger partial charge in [-0.05, 0) is 17.7 Å². The van der Waals surface area contributed by atoms with Crippen LogP contribution in [0.15, 0.2) is 35.0 Å². The highest BCUT2D eigenvalue weighted by molar-refractivity contribution is 5.80. The van der Waals surface area contributed by atoms with Gasteiger partial charge in [-0.3, -0.25) is 4.90 Å². The summed E-state index contributed by atoms with van der Waals surface area (Å²) in [5.41, 5.74) is 3.38. The number of fused-ring (bicyclic) bond motifs is 1. The van der Waals surface area contributed by atoms with E-state index >= 15 is 0 Å². The van der Waals surface area contributed by atoms with E-state index in [1.165, 1.54) is 4.90 Å². The average Bonchev–Trinajstić information content (AvgIpc) is 2.85. The number of aryl methyl sites for hydroxylation is 1. The second kappa shape index (κ2) is 4.63. The summed E-state index contributed by atoms with van der Waals surface area (Å²) in [7, 11) is 1.61. The fourth-order valence-electron chi connectivity index (χ4n) is 1.91. The van der Waals surface area contributed by atoms with E-state index in [2.05, 4.69) is 15.0 Å². The van der Waals surface area contributed by atoms with Gasteiger partial charge in [0.25, 0.3) is 0 Å². The topological polar surface area (TPSA) is 78.8 Å². The third-order valence-corrected chi connectivity index (χ3v) is 2.92. The molecule has 0 radical (unpaired) electrons. The lowest BCUT2D eigenvalue weighted by Crippen LogP contribution is -2.11. The van der Waals surface area contributed by atoms with E-state index in [9.17, 15) is 0 Å². The van der Waals surface area contributed by atoms with Gasteiger partial charge in [-0.15, -0.1) is 0 Å². The second-order valence-electron chi connectivity index (χ2n) is 4.35. The van der Waals surface area contributed by atoms with Gasteiger partial charge in [-0.2, -0.15) is 5.26 Å². The van der Waals surface area contributed by atoms with Crippen molar-refractivity contribution in [3.8, 4) is 17.3 Å². The van der Waals surface area contributed by atoms with Gasteiger partial charge in [-0.1, -0.05) is 6.07 Å². The first kappa shape index (κ1) is 12.1. The highest BCUT2D eigenvalue weighted by Crippen LogP contribution is 2.24. The molecule has 98 valence electrons. The molecule has 0 aliphatic heterocycles. The zero-order valence-corrected chi connectivity index (χ0v) is 11.0. The molecule has 3 rings (SSSR count). The summed E-state index contributed by atoms with van der Waals surface area (Å²) in [6.07, 6.45) is 5.32. The van der Waals surface area contributed by atoms with E-state index in [0.29, 0.717) is 11.8 Å². The standard InChI is InChI=1S/C14H11N5O/c1-9-18-12-5-10(3-4-13(12)20-9)11-6-16-14(17-7-11)19(2)8-15/h3-7H,1-2H3. The maximum atomic E-state index is 8.77. The summed E-state index contributed by atoms with van der Waals surface area (Å²) >= 11 is 0. The van der Waals surface area contributed by atoms with Crippen LogP contribution >= 0.6 is 0 Å². The first-order chi connectivity index (χ1) is 9.67. The van der Waals surface area contributed by atoms with Crippen LogP contribution in [0.4, 0.5) is 5.95 Å². The van der Waals surface area contributed by atoms with Crippen molar-refractivity contribution in [2.45, 2.75) is 6.92 Å². The van der Waals surface area contributed by atoms with Crippen molar-refractivity contribution < 1.29 is 4.42 Å². The molecule has 0 aliphatic carbocycles. The van der Waals surface area contributed by atoms with Crippen LogP contribution in [-0.2, 0) is 0 Å². The smallest absolute Gasteiger partial charge is 0.238 e. The van der Waals surface area contributed by atoms with E-state index in [-0.39, 0.29) is 0 Å². The predicted octanol–water partition coefficient (Wildman–Crippen LogP) is 2.51. The van der Waals surface area contributed by atoms with Crippen molar-refractivity contribution in [3.63, 3.8) is 0 Å². The SMILES string of the molecule is Cc1nc2cc(-c3cnc(N(C)C#N)nc3)ccc2o1. The number of nitrogens with zero attached hydrogens (tertiary/aromatic N) is 5. The van der Waals surface area contributed by atoms with Crippen molar-refractivity contribution in [2.24, 2.45) is 0 Å². The Labute approximate surface area is 115 Å². The third kappa shape index (κ3) is 2.06. The van der Waals surface area contributed by atoms with Crippen LogP contribution < -0.4 is 4.90 Å². The maximum Gasteiger partial charge on any atom is 0.238 e. The number of nitriles is 1. The van der Waals surface area contributed by atoms with Gasteiger partial charge in [-0.25, -0.2) is 15.0 Å². The van der Waals surface area contributed by atoms with Crippen LogP contribution in [0, 0.1) is 18.4 Å². The second-order valence-corrected chi connectivity index (χ2v) is 4.35. The minimum atomic E-state index is 0.370. The largest absolute Gasteiger partial charge is 0.441 e. The minimum absolute atomic E-state index is 0.370. The summed E-state index contributed by atoms with van der Waals surface area (Å²) in [6.45, 7) is 1.81. The molecule has 0 atom stereocenters. The monoisotopic (exact) mass is 265 g/mol. The molecule has 6 heteroatoms. The van der Waals surface area contributed by atoms with E-state index in [1.54, 1.807) is 19.4 Å². The molecule has 3 aromatic rings. The highest BCUT2D eigenvalue weighted by Gasteiger charge is 2.07. The average molecular weight is 265 g/mol. The van der Waals surface area contributed by atoms with Crippen molar-refractivity contribution in [3.05, 3.63) is 36.5 Å². The zero-order chi connectivity index (χ0) is 14.1. The lowest BCUT2D eigenvalue weighted by Gasteiger charge is -2.06. The molecule has 0 fully saturated rings. The van der Waals surface area contributed by atoms with Gasteiger partial charge in [0.2, 0.25) is 5.95 Å². The molecule has 6 nitrogen and oxygen atoms in total. The van der Waals surface area contributed by atoms with Crippen LogP contribution in [0.1, 0.15) is 5.89 Å². The normalized spacial score (nSPS) is 10.4. The Balaban J connectivity index is 2.00. The van der Waals surface area contributed by atoms with Crippen LogP contribution in [-0.4, -0.2) is 22.0 Å². The third-order valence-electron chi connectivity index (χ3n) is 2.92. The van der Waals surface area contributed by atoms with Crippen LogP contribution in [0.3, 0.4) is 0 Å². The summed E-state index contributed by atoms with van der Waals surface area (Å²) < 4.78 is 5.44. The first-order valence-electron chi connectivity index (χ1n) is 6.00. The maximum absolute atomic E-state index is 8.77. The van der Waals surface area contributed by atoms with Crippen molar-refractivity contribution >= 4 is 17.0 Å². The molecule has 0 aliphatic rings. The van der Waals surface area contributed by atoms with Gasteiger partial charge >= 0.3 is 0 Å². The van der Waals surface area contributed by atoms with Gasteiger partial charge in [0.15, 0.2) is 17.7 Å². The molecule has 0 spiro atoms. The summed E-state index contributed by atoms with van der Waals surface area (Å²) in [4.78, 5) is 13.9. The summed E-state index contributed by atoms with van der Waals surface area (Å²) in [6, 6.07) is 5.73. The quantitative estimate of drug-likeness (QED) is 0.523. The fourth-order valence-corrected chi connectivity index (χ4v) is 1.91. The fraction of sp³-hybridized carbons (Fsp3) is 0.143. The Morgan fingerprint density at radius 1 is 1.20 bits per heavy atom. The highest BCUT2D eigenvalue weighted by atomic mass is 16.3. The number of oxazole rings is 1. The molecule has 2 heterocycles. The minimum Gasteiger partial charge on any atom is -0.441 e. The lowest BCUT2D eigenvalue weighted by atomic mass is 10.1. The van der Waals surface area contributed by atoms with E-state index in [1.807, 2.05) is 31.3 Å². The van der Waals surface area contributed by atoms with Crippen LogP contribution in [0.25, 0.3) is 22.2 Å². The zero-order valence-electron chi connectivity index (χ0n) is 11.0. The predicted molar refractivity (Wildman–Crippen MR) is 73.8 cm³/mol. The lowest BCUT2D eigenvalue weighted by molar-refractivity contribution is 0.561. The Kier molecular flexibility index (Phi) is 2.80. The Morgan fingerprint density at radius 2 is 1.95 bits per heavy atom. The van der Waals surface area contributed by atoms with Crippen LogP contribution in [0.5, 0.6) is 0 Å². The molecular weight excluding hydrogens is 254 g/mol. The molecule has 0 saturated heterocycles. The Bertz CT molecular complexity index is 801. The molecule has 0 amide bonds. The summed E-state index contributed by atoms with van der Waals surface area (Å²) in [5, 5.41) is 8.77. The van der Waals surface area contributed by atoms with Gasteiger partial charge in [0, 0.05) is 31.9 Å². The van der Waals surface area contributed by atoms with Gasteiger partial charge < -0.3 is 4.42 Å². The van der Waals surface area contributed by atoms with Crippen molar-refractivity contribution in [1.29, 1.82) is 5.26 Å². The molecule has 0 bridgehead atoms. The number of rotatable bonds is 2. The van der Waals surface area contributed by atoms with E-state index in [4.69, 9.17) is 9.68 Å². The van der Waals surface area contributed by atoms with Crippen molar-refractivity contribution in [1.82, 2.24) is 15.0 Å². The number of hydrogen-bond donors (Lipinski definition) is 0. The number of benzene rings is 1. The molecule has 0 unspecified atom stereocenters. The number of aromatic nitrogens is 3. The molecule has 2 aromatic heterocycles. The number of anilines is 1. The molecule has 20 heavy (non-hydrogen) atoms. The first-order valence-corrected chi connectivity index (χ1v) is 6.00. The molecule has 1 aromatic carbocycles. The molecule has 0 N–H and O–H groups in total. The van der Waals surface area contributed by atoms with Crippen LogP contribution in [0.2, 0.25) is 0 Å². The molecule has 0 saturated carbocycles. The Hall–Kier alpha value is -2.94. The number of hydrogen-bond acceptors (Lipinski definition) is 6. The summed E-state index contributed by atoms with van der Waals surface area (Å²) in [5.74, 6) is 1.01. The van der Waals surface area contributed by atoms with E-state index in [0.717, 1.165) is 22.2 Å². The van der Waals surface area contributed by atoms with Crippen molar-refractivity contribution in [2.75, 3.05) is 11.9 Å². The molecular formula is C14H11N5O. The van der Waals surface area contributed by atoms with Gasteiger partial charge in [0.1, 0.15) is 5.52 Å². The Morgan fingerprint density at radius 3 is 2.65 bits per heavy atom. The van der Waals surface area contributed by atoms with Gasteiger partial charge in [0.05, 0.1) is 0 Å².